The van der Waals surface area contributed by atoms with Crippen LogP contribution in [-0.4, -0.2) is 17.8 Å². The molecular weight excluding hydrogens is 360 g/mol. The van der Waals surface area contributed by atoms with E-state index >= 15 is 0 Å². The SMILES string of the molecule is N=C(N)c1ccc2cc(OC(=O)c3ccc(N=C(N)NN=O)cc3)ccc2c1. The van der Waals surface area contributed by atoms with Crippen LogP contribution in [0.15, 0.2) is 70.9 Å². The number of carbonyl (C=O) groups is 1. The van der Waals surface area contributed by atoms with Gasteiger partial charge in [-0.2, -0.15) is 0 Å². The van der Waals surface area contributed by atoms with E-state index in [4.69, 9.17) is 21.6 Å². The van der Waals surface area contributed by atoms with Gasteiger partial charge in [0.25, 0.3) is 0 Å². The molecule has 0 heterocycles. The maximum Gasteiger partial charge on any atom is 0.343 e. The van der Waals surface area contributed by atoms with Crippen LogP contribution >= 0.6 is 0 Å². The molecule has 0 aliphatic rings. The molecule has 140 valence electrons. The van der Waals surface area contributed by atoms with Gasteiger partial charge in [0, 0.05) is 5.56 Å². The Hall–Kier alpha value is -4.27. The Morgan fingerprint density at radius 1 is 0.929 bits per heavy atom. The summed E-state index contributed by atoms with van der Waals surface area (Å²) in [6.07, 6.45) is 0. The van der Waals surface area contributed by atoms with Gasteiger partial charge in [0.2, 0.25) is 5.96 Å². The number of nitrogens with zero attached hydrogens (tertiary/aromatic N) is 2. The first-order valence-corrected chi connectivity index (χ1v) is 8.09. The smallest absolute Gasteiger partial charge is 0.343 e. The van der Waals surface area contributed by atoms with Gasteiger partial charge in [0.15, 0.2) is 0 Å². The number of hydrogen-bond donors (Lipinski definition) is 4. The van der Waals surface area contributed by atoms with Crippen LogP contribution in [-0.2, 0) is 0 Å². The number of aliphatic imine (C=N–C) groups is 1. The Morgan fingerprint density at radius 2 is 1.57 bits per heavy atom. The second-order valence-electron chi connectivity index (χ2n) is 5.77. The summed E-state index contributed by atoms with van der Waals surface area (Å²) in [5, 5.41) is 11.6. The first-order chi connectivity index (χ1) is 13.5. The number of nitroso groups, excluding NO2 is 1. The van der Waals surface area contributed by atoms with Crippen molar-refractivity contribution < 1.29 is 9.53 Å². The fraction of sp³-hybridized carbons (Fsp3) is 0. The number of hydrogen-bond acceptors (Lipinski definition) is 6. The summed E-state index contributed by atoms with van der Waals surface area (Å²) in [7, 11) is 0. The Labute approximate surface area is 159 Å². The molecule has 0 bridgehead atoms. The lowest BCUT2D eigenvalue weighted by Crippen LogP contribution is -2.25. The van der Waals surface area contributed by atoms with Crippen molar-refractivity contribution in [1.29, 1.82) is 5.41 Å². The van der Waals surface area contributed by atoms with Crippen molar-refractivity contribution in [2.45, 2.75) is 0 Å². The maximum absolute atomic E-state index is 12.3. The molecule has 0 aliphatic carbocycles. The van der Waals surface area contributed by atoms with Crippen molar-refractivity contribution in [3.63, 3.8) is 0 Å². The topological polar surface area (TPSA) is 156 Å². The van der Waals surface area contributed by atoms with Crippen LogP contribution in [0.25, 0.3) is 10.8 Å². The van der Waals surface area contributed by atoms with Crippen molar-refractivity contribution in [2.24, 2.45) is 21.7 Å². The minimum atomic E-state index is -0.532. The standard InChI is InChI=1S/C19H16N6O3/c20-17(21)14-2-1-13-10-16(8-5-12(13)9-14)28-18(26)11-3-6-15(7-4-11)23-19(22)24-25-27/h1-10H,(H3,20,21)(H3,22,23,24,27). The number of nitrogen functional groups attached to an aromatic ring is 1. The highest BCUT2D eigenvalue weighted by Gasteiger charge is 2.09. The molecule has 28 heavy (non-hydrogen) atoms. The molecule has 6 N–H and O–H groups in total. The number of nitrogens with two attached hydrogens (primary N) is 2. The van der Waals surface area contributed by atoms with Gasteiger partial charge in [0.1, 0.15) is 11.6 Å². The molecule has 0 fully saturated rings. The molecule has 3 aromatic rings. The van der Waals surface area contributed by atoms with E-state index in [1.165, 1.54) is 12.1 Å². The number of nitrogens with one attached hydrogen (secondary N) is 2. The summed E-state index contributed by atoms with van der Waals surface area (Å²) in [5.74, 6) is -0.309. The zero-order valence-electron chi connectivity index (χ0n) is 14.5. The highest BCUT2D eigenvalue weighted by molar-refractivity contribution is 5.99. The Kier molecular flexibility index (Phi) is 5.26. The Balaban J connectivity index is 1.75. The van der Waals surface area contributed by atoms with Crippen LogP contribution in [0.2, 0.25) is 0 Å². The molecule has 0 unspecified atom stereocenters. The van der Waals surface area contributed by atoms with Gasteiger partial charge in [0.05, 0.1) is 16.5 Å². The molecule has 3 rings (SSSR count). The maximum atomic E-state index is 12.3. The number of esters is 1. The number of rotatable bonds is 5. The average molecular weight is 376 g/mol. The van der Waals surface area contributed by atoms with Crippen LogP contribution in [0.5, 0.6) is 5.75 Å². The van der Waals surface area contributed by atoms with Gasteiger partial charge >= 0.3 is 5.97 Å². The third-order valence-corrected chi connectivity index (χ3v) is 3.85. The summed E-state index contributed by atoms with van der Waals surface area (Å²) in [5.41, 5.74) is 14.3. The first kappa shape index (κ1) is 18.5. The lowest BCUT2D eigenvalue weighted by Gasteiger charge is -2.07. The summed E-state index contributed by atoms with van der Waals surface area (Å²) in [4.78, 5) is 26.3. The molecular formula is C19H16N6O3. The van der Waals surface area contributed by atoms with Crippen LogP contribution in [0.3, 0.4) is 0 Å². The van der Waals surface area contributed by atoms with Crippen molar-refractivity contribution in [3.8, 4) is 5.75 Å². The van der Waals surface area contributed by atoms with Gasteiger partial charge in [-0.25, -0.2) is 15.2 Å². The molecule has 0 aromatic heterocycles. The van der Waals surface area contributed by atoms with E-state index in [9.17, 15) is 9.70 Å². The largest absolute Gasteiger partial charge is 0.423 e. The number of ether oxygens (including phenoxy) is 1. The predicted octanol–water partition coefficient (Wildman–Crippen LogP) is 2.56. The number of amidine groups is 1. The third-order valence-electron chi connectivity index (χ3n) is 3.85. The Bertz CT molecular complexity index is 1090. The molecule has 9 nitrogen and oxygen atoms in total. The second-order valence-corrected chi connectivity index (χ2v) is 5.77. The molecule has 9 heteroatoms. The normalized spacial score (nSPS) is 11.1. The van der Waals surface area contributed by atoms with Crippen LogP contribution in [0, 0.1) is 10.3 Å². The minimum absolute atomic E-state index is 0.00912. The summed E-state index contributed by atoms with van der Waals surface area (Å²) >= 11 is 0. The van der Waals surface area contributed by atoms with E-state index in [0.29, 0.717) is 22.6 Å². The van der Waals surface area contributed by atoms with Crippen molar-refractivity contribution >= 4 is 34.2 Å². The number of fused-ring (bicyclic) bond motifs is 1. The van der Waals surface area contributed by atoms with Gasteiger partial charge in [-0.15, -0.1) is 4.91 Å². The molecule has 0 atom stereocenters. The highest BCUT2D eigenvalue weighted by Crippen LogP contribution is 2.23. The van der Waals surface area contributed by atoms with Crippen molar-refractivity contribution in [2.75, 3.05) is 0 Å². The van der Waals surface area contributed by atoms with Gasteiger partial charge in [-0.3, -0.25) is 5.41 Å². The minimum Gasteiger partial charge on any atom is -0.423 e. The number of guanidine groups is 1. The summed E-state index contributed by atoms with van der Waals surface area (Å²) in [6, 6.07) is 16.7. The fourth-order valence-electron chi connectivity index (χ4n) is 2.50. The van der Waals surface area contributed by atoms with Crippen molar-refractivity contribution in [3.05, 3.63) is 76.7 Å². The third kappa shape index (κ3) is 4.28. The van der Waals surface area contributed by atoms with Crippen LogP contribution in [0.4, 0.5) is 5.69 Å². The zero-order chi connectivity index (χ0) is 20.1. The lowest BCUT2D eigenvalue weighted by atomic mass is 10.1. The molecule has 0 aliphatic heterocycles. The average Bonchev–Trinajstić information content (AvgIpc) is 2.68. The van der Waals surface area contributed by atoms with Gasteiger partial charge < -0.3 is 16.2 Å². The van der Waals surface area contributed by atoms with Gasteiger partial charge in [-0.05, 0) is 53.2 Å². The van der Waals surface area contributed by atoms with E-state index in [1.807, 2.05) is 11.5 Å². The highest BCUT2D eigenvalue weighted by atomic mass is 16.5. The molecule has 0 saturated carbocycles. The van der Waals surface area contributed by atoms with E-state index in [1.54, 1.807) is 42.5 Å². The van der Waals surface area contributed by atoms with E-state index < -0.39 is 5.97 Å². The first-order valence-electron chi connectivity index (χ1n) is 8.09. The molecule has 3 aromatic carbocycles. The van der Waals surface area contributed by atoms with E-state index in [-0.39, 0.29) is 11.8 Å². The lowest BCUT2D eigenvalue weighted by molar-refractivity contribution is 0.0735. The summed E-state index contributed by atoms with van der Waals surface area (Å²) < 4.78 is 5.41. The van der Waals surface area contributed by atoms with Crippen molar-refractivity contribution in [1.82, 2.24) is 5.43 Å². The van der Waals surface area contributed by atoms with E-state index in [2.05, 4.69) is 10.3 Å². The molecule has 0 amide bonds. The number of carbonyl (C=O) groups excluding carboxylic acids is 1. The fourth-order valence-corrected chi connectivity index (χ4v) is 2.50. The summed E-state index contributed by atoms with van der Waals surface area (Å²) in [6.45, 7) is 0. The monoisotopic (exact) mass is 376 g/mol. The molecule has 0 saturated heterocycles. The molecule has 0 spiro atoms. The quantitative estimate of drug-likeness (QED) is 0.134. The second kappa shape index (κ2) is 7.96. The Morgan fingerprint density at radius 3 is 2.25 bits per heavy atom. The van der Waals surface area contributed by atoms with E-state index in [0.717, 1.165) is 10.8 Å². The van der Waals surface area contributed by atoms with Gasteiger partial charge in [-0.1, -0.05) is 18.2 Å². The van der Waals surface area contributed by atoms with Crippen LogP contribution in [0.1, 0.15) is 15.9 Å². The predicted molar refractivity (Wildman–Crippen MR) is 107 cm³/mol. The van der Waals surface area contributed by atoms with Crippen LogP contribution < -0.4 is 21.6 Å². The zero-order valence-corrected chi connectivity index (χ0v) is 14.5. The number of benzene rings is 3. The molecule has 0 radical (unpaired) electrons.